The van der Waals surface area contributed by atoms with Gasteiger partial charge in [0.15, 0.2) is 11.6 Å². The Morgan fingerprint density at radius 1 is 0.526 bits per heavy atom. The van der Waals surface area contributed by atoms with Crippen molar-refractivity contribution in [1.82, 2.24) is 19.5 Å². The van der Waals surface area contributed by atoms with E-state index in [2.05, 4.69) is 205 Å². The van der Waals surface area contributed by atoms with Crippen molar-refractivity contribution >= 4 is 61.4 Å². The minimum absolute atomic E-state index is 0.536. The Morgan fingerprint density at radius 3 is 2.04 bits per heavy atom. The van der Waals surface area contributed by atoms with Crippen molar-refractivity contribution in [2.45, 2.75) is 39.5 Å². The number of anilines is 2. The molecule has 0 fully saturated rings. The van der Waals surface area contributed by atoms with Crippen molar-refractivity contribution in [2.24, 2.45) is 0 Å². The highest BCUT2D eigenvalue weighted by Gasteiger charge is 2.29. The monoisotopic (exact) mass is 981 g/mol. The van der Waals surface area contributed by atoms with Gasteiger partial charge in [-0.15, -0.1) is 0 Å². The van der Waals surface area contributed by atoms with Crippen molar-refractivity contribution < 1.29 is 9.15 Å². The minimum Gasteiger partial charge on any atom is -0.461 e. The van der Waals surface area contributed by atoms with E-state index in [9.17, 15) is 0 Å². The number of rotatable bonds is 6. The summed E-state index contributed by atoms with van der Waals surface area (Å²) in [7, 11) is 0. The fraction of sp³-hybridized carbons (Fsp3) is 0.0870. The highest BCUT2D eigenvalue weighted by molar-refractivity contribution is 6.06. The lowest BCUT2D eigenvalue weighted by Gasteiger charge is -2.34. The van der Waals surface area contributed by atoms with E-state index in [-0.39, 0.29) is 0 Å². The van der Waals surface area contributed by atoms with Gasteiger partial charge in [-0.25, -0.2) is 4.98 Å². The lowest BCUT2D eigenvalue weighted by molar-refractivity contribution is 0.407. The first-order valence-corrected chi connectivity index (χ1v) is 26.3. The highest BCUT2D eigenvalue weighted by Crippen LogP contribution is 2.46. The van der Waals surface area contributed by atoms with Crippen LogP contribution in [0.2, 0.25) is 0 Å². The summed E-state index contributed by atoms with van der Waals surface area (Å²) in [4.78, 5) is 18.6. The third kappa shape index (κ3) is 7.78. The van der Waals surface area contributed by atoms with Crippen LogP contribution in [0.15, 0.2) is 234 Å². The summed E-state index contributed by atoms with van der Waals surface area (Å²) in [6.45, 7) is 4.25. The van der Waals surface area contributed by atoms with Crippen LogP contribution in [-0.2, 0) is 12.8 Å². The Hall–Kier alpha value is -9.59. The number of hydrogen-bond acceptors (Lipinski definition) is 6. The topological polar surface area (TPSA) is 69.2 Å². The zero-order valence-electron chi connectivity index (χ0n) is 42.2. The average molecular weight is 982 g/mol. The van der Waals surface area contributed by atoms with Crippen molar-refractivity contribution in [3.05, 3.63) is 263 Å². The maximum Gasteiger partial charge on any atom is 0.238 e. The molecule has 2 aliphatic carbocycles. The Morgan fingerprint density at radius 2 is 1.20 bits per heavy atom. The van der Waals surface area contributed by atoms with E-state index < -0.39 is 0 Å². The molecule has 2 aliphatic heterocycles. The van der Waals surface area contributed by atoms with Gasteiger partial charge in [-0.1, -0.05) is 184 Å². The van der Waals surface area contributed by atoms with Crippen LogP contribution in [-0.4, -0.2) is 19.5 Å². The summed E-state index contributed by atoms with van der Waals surface area (Å²) in [5, 5.41) is 3.23. The second-order valence-corrected chi connectivity index (χ2v) is 19.8. The van der Waals surface area contributed by atoms with Crippen LogP contribution in [0.1, 0.15) is 60.2 Å². The molecular formula is C69H51N5O2. The van der Waals surface area contributed by atoms with Gasteiger partial charge in [-0.2, -0.15) is 9.97 Å². The van der Waals surface area contributed by atoms with Crippen molar-refractivity contribution in [3.8, 4) is 45.6 Å². The van der Waals surface area contributed by atoms with E-state index >= 15 is 0 Å². The Balaban J connectivity index is 0.00000172. The van der Waals surface area contributed by atoms with Gasteiger partial charge in [0.2, 0.25) is 5.95 Å². The average Bonchev–Trinajstić information content (AvgIpc) is 3.86. The zero-order valence-corrected chi connectivity index (χ0v) is 42.2. The maximum atomic E-state index is 6.48. The Labute approximate surface area is 441 Å². The fourth-order valence-electron chi connectivity index (χ4n) is 11.4. The lowest BCUT2D eigenvalue weighted by atomic mass is 9.94. The number of para-hydroxylation sites is 5. The molecule has 5 heterocycles. The van der Waals surface area contributed by atoms with E-state index in [1.807, 2.05) is 42.5 Å². The number of aromatic nitrogens is 4. The molecule has 0 radical (unpaired) electrons. The minimum atomic E-state index is 0.536. The van der Waals surface area contributed by atoms with E-state index in [0.717, 1.165) is 113 Å². The summed E-state index contributed by atoms with van der Waals surface area (Å²) >= 11 is 0. The van der Waals surface area contributed by atoms with E-state index in [4.69, 9.17) is 24.1 Å². The molecule has 11 aromatic rings. The first-order chi connectivity index (χ1) is 37.6. The molecule has 0 saturated heterocycles. The first kappa shape index (κ1) is 45.1. The van der Waals surface area contributed by atoms with Gasteiger partial charge in [0.05, 0.1) is 5.52 Å². The quantitative estimate of drug-likeness (QED) is 0.165. The largest absolute Gasteiger partial charge is 0.461 e. The molecule has 15 rings (SSSR count). The van der Waals surface area contributed by atoms with Gasteiger partial charge in [0, 0.05) is 86.0 Å². The van der Waals surface area contributed by atoms with Crippen LogP contribution in [0, 0.1) is 0 Å². The van der Waals surface area contributed by atoms with E-state index in [0.29, 0.717) is 24.0 Å². The fourth-order valence-corrected chi connectivity index (χ4v) is 11.4. The molecule has 0 unspecified atom stereocenters. The number of furan rings is 1. The van der Waals surface area contributed by atoms with Gasteiger partial charge in [0.25, 0.3) is 0 Å². The van der Waals surface area contributed by atoms with Gasteiger partial charge >= 0.3 is 0 Å². The van der Waals surface area contributed by atoms with Gasteiger partial charge in [0.1, 0.15) is 22.7 Å². The van der Waals surface area contributed by atoms with Crippen LogP contribution >= 0.6 is 0 Å². The summed E-state index contributed by atoms with van der Waals surface area (Å²) < 4.78 is 15.2. The van der Waals surface area contributed by atoms with Crippen molar-refractivity contribution in [3.63, 3.8) is 0 Å². The van der Waals surface area contributed by atoms with Gasteiger partial charge in [-0.3, -0.25) is 4.57 Å². The molecule has 364 valence electrons. The molecule has 0 spiro atoms. The molecule has 0 N–H and O–H groups in total. The number of hydrogen-bond donors (Lipinski definition) is 0. The number of benzene rings is 8. The number of fused-ring (bicyclic) bond motifs is 12. The summed E-state index contributed by atoms with van der Waals surface area (Å²) in [6, 6.07) is 66.1. The van der Waals surface area contributed by atoms with Crippen molar-refractivity contribution in [2.75, 3.05) is 4.90 Å². The van der Waals surface area contributed by atoms with Crippen LogP contribution in [0.3, 0.4) is 0 Å². The Bertz CT molecular complexity index is 4250. The maximum absolute atomic E-state index is 6.48. The molecule has 76 heavy (non-hydrogen) atoms. The Kier molecular flexibility index (Phi) is 11.1. The third-order valence-corrected chi connectivity index (χ3v) is 14.7. The zero-order chi connectivity index (χ0) is 50.7. The molecule has 2 bridgehead atoms. The molecule has 0 atom stereocenters. The van der Waals surface area contributed by atoms with Gasteiger partial charge < -0.3 is 14.1 Å². The van der Waals surface area contributed by atoms with Crippen LogP contribution in [0.4, 0.5) is 11.4 Å². The van der Waals surface area contributed by atoms with Crippen LogP contribution < -0.4 is 9.64 Å². The smallest absolute Gasteiger partial charge is 0.238 e. The SMILES string of the molecule is C1=CC(N2c3ccccc3Cc3ccccc32)=Cc2c(n(-c3nc(-c4ccccc4)nc(-c4ccc5c(c4)oc4ccccc45)n3)c3c(-c4cccc(C5=CC=C6CC(=C5)Oc5ccccc56)c4)cccc23)C1.CCC. The molecule has 4 aliphatic rings. The summed E-state index contributed by atoms with van der Waals surface area (Å²) in [6.07, 6.45) is 17.1. The second kappa shape index (κ2) is 18.7. The molecular weight excluding hydrogens is 931 g/mol. The summed E-state index contributed by atoms with van der Waals surface area (Å²) in [5.41, 5.74) is 19.4. The normalized spacial score (nSPS) is 14.2. The second-order valence-electron chi connectivity index (χ2n) is 19.8. The molecule has 0 amide bonds. The first-order valence-electron chi connectivity index (χ1n) is 26.3. The predicted molar refractivity (Wildman–Crippen MR) is 311 cm³/mol. The molecule has 7 heteroatoms. The van der Waals surface area contributed by atoms with Crippen LogP contribution in [0.5, 0.6) is 5.75 Å². The number of ether oxygens (including phenoxy) is 1. The van der Waals surface area contributed by atoms with Crippen molar-refractivity contribution in [1.29, 1.82) is 0 Å². The van der Waals surface area contributed by atoms with E-state index in [1.54, 1.807) is 0 Å². The lowest BCUT2D eigenvalue weighted by Crippen LogP contribution is -2.21. The van der Waals surface area contributed by atoms with Gasteiger partial charge in [-0.05, 0) is 94.1 Å². The van der Waals surface area contributed by atoms with Crippen LogP contribution in [0.25, 0.3) is 89.9 Å². The highest BCUT2D eigenvalue weighted by atomic mass is 16.5. The standard InChI is InChI=1S/C66H43N5O2.C3H8/c1-2-15-41(16-3-1)64-67-65(48-33-34-54-53-23-7-11-30-61(53)73-62(54)39-48)69-66(68-64)71-59-28-13-21-49(70-57-26-8-4-17-46(57)36-47-18-5-9-27-58(47)70)40-56(59)55-25-14-24-52(63(55)71)44-20-12-19-42(35-44)43-31-32-45-38-50(37-43)72-60-29-10-6-22-51(45)60;1-3-2/h1-27,29-35,37,39-40H,28,36,38H2;3H2,1-2H3. The third-order valence-electron chi connectivity index (χ3n) is 14.7. The number of allylic oxidation sites excluding steroid dienone is 7. The number of nitrogens with zero attached hydrogens (tertiary/aromatic N) is 5. The molecule has 7 nitrogen and oxygen atoms in total. The molecule has 3 aromatic heterocycles. The van der Waals surface area contributed by atoms with E-state index in [1.165, 1.54) is 34.5 Å². The summed E-state index contributed by atoms with van der Waals surface area (Å²) in [5.74, 6) is 3.51. The predicted octanol–water partition coefficient (Wildman–Crippen LogP) is 17.5. The molecule has 8 aromatic carbocycles. The molecule has 0 saturated carbocycles.